The van der Waals surface area contributed by atoms with Gasteiger partial charge in [0, 0.05) is 0 Å². The Balaban J connectivity index is 3.21. The lowest BCUT2D eigenvalue weighted by atomic mass is 10.8. The molecule has 56 valence electrons. The van der Waals surface area contributed by atoms with Crippen LogP contribution in [0, 0.1) is 0 Å². The highest BCUT2D eigenvalue weighted by Crippen LogP contribution is 1.94. The second kappa shape index (κ2) is 1.92. The third-order valence-corrected chi connectivity index (χ3v) is 1.38. The van der Waals surface area contributed by atoms with Gasteiger partial charge >= 0.3 is 10.3 Å². The van der Waals surface area contributed by atoms with Crippen molar-refractivity contribution in [3.63, 3.8) is 0 Å². The summed E-state index contributed by atoms with van der Waals surface area (Å²) in [6.07, 6.45) is 0.884. The Kier molecular flexibility index (Phi) is 1.34. The molecule has 0 aliphatic heterocycles. The van der Waals surface area contributed by atoms with E-state index in [1.807, 2.05) is 0 Å². The lowest BCUT2D eigenvalue weighted by molar-refractivity contribution is 0.463. The van der Waals surface area contributed by atoms with Crippen LogP contribution in [0.3, 0.4) is 0 Å². The Morgan fingerprint density at radius 1 is 1.70 bits per heavy atom. The average molecular weight is 164 g/mol. The fourth-order valence-electron chi connectivity index (χ4n) is 0.373. The van der Waals surface area contributed by atoms with Crippen molar-refractivity contribution >= 4 is 16.1 Å². The standard InChI is InChI=1S/C2H4N4O3S/c3-2-1-6(5-4-2)10(7,8)9/h1H,3H2,(H,7,8,9). The van der Waals surface area contributed by atoms with Crippen LogP contribution >= 0.6 is 0 Å². The molecule has 0 radical (unpaired) electrons. The molecule has 7 nitrogen and oxygen atoms in total. The molecule has 0 aromatic carbocycles. The number of aromatic nitrogens is 3. The minimum absolute atomic E-state index is 0.0716. The summed E-state index contributed by atoms with van der Waals surface area (Å²) in [5.74, 6) is -0.0716. The molecule has 1 rings (SSSR count). The van der Waals surface area contributed by atoms with Crippen LogP contribution in [0.1, 0.15) is 0 Å². The Morgan fingerprint density at radius 2 is 2.30 bits per heavy atom. The fraction of sp³-hybridized carbons (Fsp3) is 0. The second-order valence-corrected chi connectivity index (χ2v) is 2.76. The van der Waals surface area contributed by atoms with Crippen LogP contribution < -0.4 is 5.73 Å². The maximum Gasteiger partial charge on any atom is 0.380 e. The molecule has 0 spiro atoms. The van der Waals surface area contributed by atoms with E-state index in [9.17, 15) is 8.42 Å². The first-order chi connectivity index (χ1) is 4.50. The van der Waals surface area contributed by atoms with E-state index in [0.717, 1.165) is 6.20 Å². The summed E-state index contributed by atoms with van der Waals surface area (Å²) in [4.78, 5) is 0. The van der Waals surface area contributed by atoms with Crippen molar-refractivity contribution in [1.29, 1.82) is 0 Å². The molecule has 0 bridgehead atoms. The van der Waals surface area contributed by atoms with E-state index in [0.29, 0.717) is 0 Å². The van der Waals surface area contributed by atoms with Crippen LogP contribution in [-0.4, -0.2) is 27.4 Å². The van der Waals surface area contributed by atoms with E-state index >= 15 is 0 Å². The number of nitrogen functional groups attached to an aromatic ring is 1. The molecular formula is C2H4N4O3S. The number of hydrogen-bond donors (Lipinski definition) is 2. The van der Waals surface area contributed by atoms with Gasteiger partial charge in [0.05, 0.1) is 6.20 Å². The lowest BCUT2D eigenvalue weighted by Crippen LogP contribution is -2.11. The van der Waals surface area contributed by atoms with Crippen LogP contribution in [0.15, 0.2) is 6.20 Å². The molecule has 1 aromatic rings. The van der Waals surface area contributed by atoms with Crippen molar-refractivity contribution in [2.45, 2.75) is 0 Å². The van der Waals surface area contributed by atoms with Gasteiger partial charge in [0.25, 0.3) is 0 Å². The summed E-state index contributed by atoms with van der Waals surface area (Å²) in [6, 6.07) is 0. The van der Waals surface area contributed by atoms with Crippen LogP contribution in [-0.2, 0) is 10.3 Å². The van der Waals surface area contributed by atoms with E-state index in [1.165, 1.54) is 0 Å². The Labute approximate surface area is 56.3 Å². The third kappa shape index (κ3) is 1.22. The number of nitrogens with zero attached hydrogens (tertiary/aromatic N) is 3. The summed E-state index contributed by atoms with van der Waals surface area (Å²) in [5, 5.41) is 6.13. The van der Waals surface area contributed by atoms with Crippen molar-refractivity contribution in [3.8, 4) is 0 Å². The van der Waals surface area contributed by atoms with Gasteiger partial charge in [-0.05, 0) is 5.21 Å². The summed E-state index contributed by atoms with van der Waals surface area (Å²) in [5.41, 5.74) is 5.01. The maximum atomic E-state index is 10.2. The zero-order valence-electron chi connectivity index (χ0n) is 4.67. The first kappa shape index (κ1) is 6.96. The van der Waals surface area contributed by atoms with Crippen molar-refractivity contribution in [1.82, 2.24) is 14.4 Å². The summed E-state index contributed by atoms with van der Waals surface area (Å²) >= 11 is 0. The number of hydrogen-bond acceptors (Lipinski definition) is 5. The molecule has 0 unspecified atom stereocenters. The quantitative estimate of drug-likeness (QED) is 0.489. The fourth-order valence-corrected chi connectivity index (χ4v) is 0.743. The molecule has 0 amide bonds. The predicted molar refractivity (Wildman–Crippen MR) is 31.4 cm³/mol. The van der Waals surface area contributed by atoms with Gasteiger partial charge in [-0.15, -0.1) is 9.19 Å². The normalized spacial score (nSPS) is 11.7. The van der Waals surface area contributed by atoms with Gasteiger partial charge in [-0.2, -0.15) is 8.42 Å². The Bertz CT molecular complexity index is 326. The first-order valence-electron chi connectivity index (χ1n) is 2.16. The molecule has 0 saturated heterocycles. The van der Waals surface area contributed by atoms with Crippen LogP contribution in [0.25, 0.3) is 0 Å². The lowest BCUT2D eigenvalue weighted by Gasteiger charge is -1.88. The van der Waals surface area contributed by atoms with Gasteiger partial charge < -0.3 is 5.73 Å². The monoisotopic (exact) mass is 164 g/mol. The van der Waals surface area contributed by atoms with Gasteiger partial charge in [0.15, 0.2) is 5.82 Å². The Hall–Kier alpha value is -1.15. The number of rotatable bonds is 1. The molecule has 10 heavy (non-hydrogen) atoms. The topological polar surface area (TPSA) is 111 Å². The average Bonchev–Trinajstić information content (AvgIpc) is 2.11. The molecule has 0 saturated carbocycles. The zero-order chi connectivity index (χ0) is 7.78. The largest absolute Gasteiger partial charge is 0.381 e. The molecule has 8 heteroatoms. The van der Waals surface area contributed by atoms with Crippen LogP contribution in [0.5, 0.6) is 0 Å². The van der Waals surface area contributed by atoms with Gasteiger partial charge in [-0.25, -0.2) is 0 Å². The molecule has 0 fully saturated rings. The van der Waals surface area contributed by atoms with E-state index in [1.54, 1.807) is 0 Å². The molecule has 1 heterocycles. The molecule has 1 aromatic heterocycles. The van der Waals surface area contributed by atoms with Crippen LogP contribution in [0.2, 0.25) is 0 Å². The van der Waals surface area contributed by atoms with E-state index in [2.05, 4.69) is 10.3 Å². The van der Waals surface area contributed by atoms with Crippen molar-refractivity contribution in [2.75, 3.05) is 5.73 Å². The third-order valence-electron chi connectivity index (χ3n) is 0.727. The second-order valence-electron chi connectivity index (χ2n) is 1.49. The van der Waals surface area contributed by atoms with E-state index in [-0.39, 0.29) is 9.90 Å². The number of nitrogens with two attached hydrogens (primary N) is 1. The van der Waals surface area contributed by atoms with Crippen molar-refractivity contribution < 1.29 is 13.0 Å². The number of anilines is 1. The summed E-state index contributed by atoms with van der Waals surface area (Å²) < 4.78 is 29.0. The van der Waals surface area contributed by atoms with Gasteiger partial charge in [-0.1, -0.05) is 0 Å². The highest BCUT2D eigenvalue weighted by Gasteiger charge is 2.08. The van der Waals surface area contributed by atoms with Crippen molar-refractivity contribution in [3.05, 3.63) is 6.20 Å². The minimum Gasteiger partial charge on any atom is -0.381 e. The molecular weight excluding hydrogens is 160 g/mol. The van der Waals surface area contributed by atoms with E-state index in [4.69, 9.17) is 10.3 Å². The summed E-state index contributed by atoms with van der Waals surface area (Å²) in [6.45, 7) is 0. The molecule has 0 aliphatic rings. The van der Waals surface area contributed by atoms with Gasteiger partial charge in [-0.3, -0.25) is 4.55 Å². The van der Waals surface area contributed by atoms with Crippen molar-refractivity contribution in [2.24, 2.45) is 0 Å². The predicted octanol–water partition coefficient (Wildman–Crippen LogP) is -1.49. The first-order valence-corrected chi connectivity index (χ1v) is 3.55. The Morgan fingerprint density at radius 3 is 2.50 bits per heavy atom. The smallest absolute Gasteiger partial charge is 0.380 e. The SMILES string of the molecule is Nc1cn(S(=O)(=O)O)nn1. The highest BCUT2D eigenvalue weighted by atomic mass is 32.2. The maximum absolute atomic E-state index is 10.2. The summed E-state index contributed by atoms with van der Waals surface area (Å²) in [7, 11) is -4.32. The van der Waals surface area contributed by atoms with Gasteiger partial charge in [0.1, 0.15) is 0 Å². The zero-order valence-corrected chi connectivity index (χ0v) is 5.48. The van der Waals surface area contributed by atoms with E-state index < -0.39 is 10.3 Å². The molecule has 0 aliphatic carbocycles. The van der Waals surface area contributed by atoms with Gasteiger partial charge in [0.2, 0.25) is 0 Å². The highest BCUT2D eigenvalue weighted by molar-refractivity contribution is 7.84. The minimum atomic E-state index is -4.32. The van der Waals surface area contributed by atoms with Crippen LogP contribution in [0.4, 0.5) is 5.82 Å². The molecule has 3 N–H and O–H groups in total. The molecule has 0 atom stereocenters.